The minimum Gasteiger partial charge on any atom is -0.388 e. The number of nitrogens with zero attached hydrogens (tertiary/aromatic N) is 3. The highest BCUT2D eigenvalue weighted by molar-refractivity contribution is 7.15. The van der Waals surface area contributed by atoms with Gasteiger partial charge in [-0.15, -0.1) is 11.3 Å². The Kier molecular flexibility index (Phi) is 2.58. The molecule has 15 heavy (non-hydrogen) atoms. The molecule has 4 nitrogen and oxygen atoms in total. The second-order valence-corrected chi connectivity index (χ2v) is 4.57. The number of hydrogen-bond acceptors (Lipinski definition) is 4. The van der Waals surface area contributed by atoms with Crippen molar-refractivity contribution in [1.82, 2.24) is 14.5 Å². The number of aliphatic hydroxyl groups excluding tert-OH is 1. The van der Waals surface area contributed by atoms with E-state index in [1.807, 2.05) is 18.5 Å². The molecule has 0 fully saturated rings. The number of rotatable bonds is 2. The summed E-state index contributed by atoms with van der Waals surface area (Å²) >= 11 is 1.52. The monoisotopic (exact) mass is 223 g/mol. The van der Waals surface area contributed by atoms with Crippen LogP contribution >= 0.6 is 11.3 Å². The van der Waals surface area contributed by atoms with Gasteiger partial charge in [0.05, 0.1) is 34.9 Å². The number of aliphatic hydroxyl groups is 1. The second kappa shape index (κ2) is 3.75. The average molecular weight is 223 g/mol. The minimum atomic E-state index is -0.454. The van der Waals surface area contributed by atoms with Crippen molar-refractivity contribution in [2.45, 2.75) is 20.0 Å². The summed E-state index contributed by atoms with van der Waals surface area (Å²) in [6, 6.07) is 0. The van der Waals surface area contributed by atoms with Gasteiger partial charge >= 0.3 is 0 Å². The molecule has 0 aliphatic rings. The van der Waals surface area contributed by atoms with Crippen LogP contribution in [0.25, 0.3) is 10.7 Å². The Morgan fingerprint density at radius 2 is 2.27 bits per heavy atom. The van der Waals surface area contributed by atoms with Gasteiger partial charge in [0.25, 0.3) is 0 Å². The summed E-state index contributed by atoms with van der Waals surface area (Å²) in [5.41, 5.74) is 1.88. The molecule has 5 heteroatoms. The van der Waals surface area contributed by atoms with E-state index in [0.717, 1.165) is 21.3 Å². The molecule has 0 spiro atoms. The van der Waals surface area contributed by atoms with Gasteiger partial charge in [-0.25, -0.2) is 9.97 Å². The lowest BCUT2D eigenvalue weighted by molar-refractivity contribution is 0.202. The van der Waals surface area contributed by atoms with E-state index in [2.05, 4.69) is 9.97 Å². The number of aryl methyl sites for hydroxylation is 2. The van der Waals surface area contributed by atoms with Crippen molar-refractivity contribution in [1.29, 1.82) is 0 Å². The van der Waals surface area contributed by atoms with Crippen molar-refractivity contribution in [2.75, 3.05) is 0 Å². The van der Waals surface area contributed by atoms with E-state index in [0.29, 0.717) is 0 Å². The molecule has 2 aromatic rings. The van der Waals surface area contributed by atoms with Gasteiger partial charge in [0.2, 0.25) is 0 Å². The van der Waals surface area contributed by atoms with Crippen LogP contribution in [0.4, 0.5) is 0 Å². The Morgan fingerprint density at radius 3 is 2.73 bits per heavy atom. The average Bonchev–Trinajstić information content (AvgIpc) is 2.71. The smallest absolute Gasteiger partial charge is 0.142 e. The molecule has 2 rings (SSSR count). The van der Waals surface area contributed by atoms with E-state index in [9.17, 15) is 5.11 Å². The Balaban J connectivity index is 2.47. The molecule has 80 valence electrons. The lowest BCUT2D eigenvalue weighted by Gasteiger charge is -1.98. The molecule has 0 saturated carbocycles. The molecule has 0 aliphatic heterocycles. The summed E-state index contributed by atoms with van der Waals surface area (Å²) in [6.45, 7) is 3.67. The summed E-state index contributed by atoms with van der Waals surface area (Å²) in [5, 5.41) is 10.4. The van der Waals surface area contributed by atoms with Gasteiger partial charge in [0.15, 0.2) is 0 Å². The lowest BCUT2D eigenvalue weighted by atomic mass is 10.3. The third-order valence-corrected chi connectivity index (χ3v) is 3.60. The van der Waals surface area contributed by atoms with Crippen LogP contribution in [0.2, 0.25) is 0 Å². The first kappa shape index (κ1) is 10.3. The lowest BCUT2D eigenvalue weighted by Crippen LogP contribution is -1.89. The summed E-state index contributed by atoms with van der Waals surface area (Å²) in [7, 11) is 1.93. The first-order chi connectivity index (χ1) is 7.09. The van der Waals surface area contributed by atoms with E-state index >= 15 is 0 Å². The van der Waals surface area contributed by atoms with Crippen LogP contribution in [0.1, 0.15) is 23.6 Å². The molecule has 0 amide bonds. The van der Waals surface area contributed by atoms with Gasteiger partial charge < -0.3 is 9.67 Å². The standard InChI is InChI=1S/C10H13N3OS/c1-6-9(7(2)14)15-10(12-6)8-4-11-5-13(8)3/h4-5,7,14H,1-3H3. The van der Waals surface area contributed by atoms with Crippen molar-refractivity contribution < 1.29 is 5.11 Å². The van der Waals surface area contributed by atoms with Crippen molar-refractivity contribution in [3.05, 3.63) is 23.1 Å². The van der Waals surface area contributed by atoms with Crippen molar-refractivity contribution in [2.24, 2.45) is 7.05 Å². The zero-order chi connectivity index (χ0) is 11.0. The summed E-state index contributed by atoms with van der Waals surface area (Å²) in [5.74, 6) is 0. The van der Waals surface area contributed by atoms with E-state index in [1.54, 1.807) is 19.4 Å². The predicted octanol–water partition coefficient (Wildman–Crippen LogP) is 1.91. The van der Waals surface area contributed by atoms with Crippen LogP contribution in [0.3, 0.4) is 0 Å². The third-order valence-electron chi connectivity index (χ3n) is 2.25. The molecule has 1 N–H and O–H groups in total. The fourth-order valence-corrected chi connectivity index (χ4v) is 2.52. The van der Waals surface area contributed by atoms with Gasteiger partial charge in [0.1, 0.15) is 5.01 Å². The predicted molar refractivity (Wildman–Crippen MR) is 59.7 cm³/mol. The first-order valence-electron chi connectivity index (χ1n) is 4.71. The zero-order valence-corrected chi connectivity index (χ0v) is 9.75. The fraction of sp³-hybridized carbons (Fsp3) is 0.400. The number of thiazole rings is 1. The van der Waals surface area contributed by atoms with Crippen LogP contribution in [0.15, 0.2) is 12.5 Å². The highest BCUT2D eigenvalue weighted by Crippen LogP contribution is 2.30. The van der Waals surface area contributed by atoms with Gasteiger partial charge in [0, 0.05) is 7.05 Å². The Bertz CT molecular complexity index is 473. The highest BCUT2D eigenvalue weighted by atomic mass is 32.1. The number of hydrogen-bond donors (Lipinski definition) is 1. The molecule has 0 aromatic carbocycles. The molecule has 0 saturated heterocycles. The molecule has 0 aliphatic carbocycles. The van der Waals surface area contributed by atoms with E-state index < -0.39 is 6.10 Å². The summed E-state index contributed by atoms with van der Waals surface area (Å²) in [4.78, 5) is 9.40. The second-order valence-electron chi connectivity index (χ2n) is 3.53. The van der Waals surface area contributed by atoms with E-state index in [4.69, 9.17) is 0 Å². The number of aromatic nitrogens is 3. The summed E-state index contributed by atoms with van der Waals surface area (Å²) < 4.78 is 1.92. The zero-order valence-electron chi connectivity index (χ0n) is 8.93. The Morgan fingerprint density at radius 1 is 1.53 bits per heavy atom. The Hall–Kier alpha value is -1.20. The SMILES string of the molecule is Cc1nc(-c2cncn2C)sc1C(C)O. The largest absolute Gasteiger partial charge is 0.388 e. The number of imidazole rings is 1. The van der Waals surface area contributed by atoms with Crippen molar-refractivity contribution in [3.8, 4) is 10.7 Å². The van der Waals surface area contributed by atoms with Crippen LogP contribution < -0.4 is 0 Å². The van der Waals surface area contributed by atoms with Crippen molar-refractivity contribution >= 4 is 11.3 Å². The maximum Gasteiger partial charge on any atom is 0.142 e. The quantitative estimate of drug-likeness (QED) is 0.846. The topological polar surface area (TPSA) is 50.9 Å². The molecule has 1 unspecified atom stereocenters. The van der Waals surface area contributed by atoms with Gasteiger partial charge in [-0.3, -0.25) is 0 Å². The maximum absolute atomic E-state index is 9.53. The van der Waals surface area contributed by atoms with Gasteiger partial charge in [-0.1, -0.05) is 0 Å². The molecule has 0 bridgehead atoms. The van der Waals surface area contributed by atoms with Crippen LogP contribution in [-0.2, 0) is 7.05 Å². The first-order valence-corrected chi connectivity index (χ1v) is 5.53. The molecule has 0 radical (unpaired) electrons. The van der Waals surface area contributed by atoms with Crippen LogP contribution in [0, 0.1) is 6.92 Å². The maximum atomic E-state index is 9.53. The fourth-order valence-electron chi connectivity index (χ4n) is 1.47. The van der Waals surface area contributed by atoms with Gasteiger partial charge in [-0.2, -0.15) is 0 Å². The normalized spacial score (nSPS) is 13.1. The van der Waals surface area contributed by atoms with E-state index in [1.165, 1.54) is 11.3 Å². The summed E-state index contributed by atoms with van der Waals surface area (Å²) in [6.07, 6.45) is 3.07. The highest BCUT2D eigenvalue weighted by Gasteiger charge is 2.14. The van der Waals surface area contributed by atoms with Gasteiger partial charge in [-0.05, 0) is 13.8 Å². The van der Waals surface area contributed by atoms with Crippen LogP contribution in [-0.4, -0.2) is 19.6 Å². The minimum absolute atomic E-state index is 0.454. The molecule has 1 atom stereocenters. The van der Waals surface area contributed by atoms with Crippen LogP contribution in [0.5, 0.6) is 0 Å². The van der Waals surface area contributed by atoms with Crippen molar-refractivity contribution in [3.63, 3.8) is 0 Å². The van der Waals surface area contributed by atoms with E-state index in [-0.39, 0.29) is 0 Å². The Labute approximate surface area is 92.2 Å². The molecular weight excluding hydrogens is 210 g/mol. The third kappa shape index (κ3) is 1.80. The molecule has 2 heterocycles. The molecular formula is C10H13N3OS. The molecule has 2 aromatic heterocycles.